The van der Waals surface area contributed by atoms with Crippen LogP contribution in [0.1, 0.15) is 39.0 Å². The predicted octanol–water partition coefficient (Wildman–Crippen LogP) is 0.866. The molecule has 0 heterocycles. The number of hydrogen-bond acceptors (Lipinski definition) is 3. The molecule has 2 unspecified atom stereocenters. The second-order valence-electron chi connectivity index (χ2n) is 4.69. The summed E-state index contributed by atoms with van der Waals surface area (Å²) in [6.45, 7) is 4.18. The summed E-state index contributed by atoms with van der Waals surface area (Å²) in [6.07, 6.45) is 5.83. The third-order valence-corrected chi connectivity index (χ3v) is 3.32. The largest absolute Gasteiger partial charge is 0.396 e. The minimum absolute atomic E-state index is 0.160. The second kappa shape index (κ2) is 5.69. The molecule has 0 saturated heterocycles. The van der Waals surface area contributed by atoms with Crippen molar-refractivity contribution in [1.82, 2.24) is 5.32 Å². The van der Waals surface area contributed by atoms with Gasteiger partial charge >= 0.3 is 0 Å². The zero-order chi connectivity index (χ0) is 10.4. The minimum Gasteiger partial charge on any atom is -0.396 e. The fourth-order valence-corrected chi connectivity index (χ4v) is 2.51. The van der Waals surface area contributed by atoms with Gasteiger partial charge in [0.15, 0.2) is 0 Å². The van der Waals surface area contributed by atoms with Crippen LogP contribution in [0.2, 0.25) is 0 Å². The molecule has 0 aromatic rings. The lowest BCUT2D eigenvalue weighted by atomic mass is 9.76. The van der Waals surface area contributed by atoms with Crippen LogP contribution in [0, 0.1) is 5.92 Å². The van der Waals surface area contributed by atoms with E-state index in [2.05, 4.69) is 12.2 Å². The fourth-order valence-electron chi connectivity index (χ4n) is 2.51. The maximum Gasteiger partial charge on any atom is 0.0443 e. The molecule has 1 rings (SSSR count). The number of aliphatic hydroxyl groups is 1. The standard InChI is InChI=1S/C11H24N2O/c1-10-4-2-5-11(8-10,9-12)13-6-3-7-14/h10,13-14H,2-9,12H2,1H3. The van der Waals surface area contributed by atoms with Gasteiger partial charge in [-0.05, 0) is 31.7 Å². The van der Waals surface area contributed by atoms with Crippen molar-refractivity contribution in [3.63, 3.8) is 0 Å². The van der Waals surface area contributed by atoms with E-state index in [-0.39, 0.29) is 12.1 Å². The quantitative estimate of drug-likeness (QED) is 0.577. The topological polar surface area (TPSA) is 58.3 Å². The van der Waals surface area contributed by atoms with E-state index < -0.39 is 0 Å². The normalized spacial score (nSPS) is 33.2. The predicted molar refractivity (Wildman–Crippen MR) is 59.1 cm³/mol. The summed E-state index contributed by atoms with van der Waals surface area (Å²) in [4.78, 5) is 0. The molecule has 2 atom stereocenters. The summed E-state index contributed by atoms with van der Waals surface area (Å²) in [5.74, 6) is 0.786. The van der Waals surface area contributed by atoms with Crippen molar-refractivity contribution >= 4 is 0 Å². The Hall–Kier alpha value is -0.120. The zero-order valence-electron chi connectivity index (χ0n) is 9.26. The fraction of sp³-hybridized carbons (Fsp3) is 1.00. The van der Waals surface area contributed by atoms with Crippen LogP contribution in [0.5, 0.6) is 0 Å². The highest BCUT2D eigenvalue weighted by Crippen LogP contribution is 2.31. The lowest BCUT2D eigenvalue weighted by molar-refractivity contribution is 0.187. The lowest BCUT2D eigenvalue weighted by Gasteiger charge is -2.40. The Balaban J connectivity index is 2.39. The molecule has 0 spiro atoms. The van der Waals surface area contributed by atoms with Crippen molar-refractivity contribution in [2.75, 3.05) is 19.7 Å². The Morgan fingerprint density at radius 1 is 1.57 bits per heavy atom. The number of hydrogen-bond donors (Lipinski definition) is 3. The molecule has 1 saturated carbocycles. The Bertz CT molecular complexity index is 163. The van der Waals surface area contributed by atoms with Crippen LogP contribution in [-0.2, 0) is 0 Å². The second-order valence-corrected chi connectivity index (χ2v) is 4.69. The van der Waals surface area contributed by atoms with Crippen LogP contribution in [0.3, 0.4) is 0 Å². The molecule has 0 aromatic heterocycles. The van der Waals surface area contributed by atoms with Crippen molar-refractivity contribution in [3.05, 3.63) is 0 Å². The minimum atomic E-state index is 0.160. The van der Waals surface area contributed by atoms with Crippen LogP contribution < -0.4 is 11.1 Å². The van der Waals surface area contributed by atoms with Gasteiger partial charge in [-0.1, -0.05) is 19.8 Å². The number of nitrogens with one attached hydrogen (secondary N) is 1. The summed E-state index contributed by atoms with van der Waals surface area (Å²) in [5, 5.41) is 12.3. The molecule has 1 fully saturated rings. The van der Waals surface area contributed by atoms with Gasteiger partial charge in [-0.25, -0.2) is 0 Å². The van der Waals surface area contributed by atoms with Crippen LogP contribution >= 0.6 is 0 Å². The number of rotatable bonds is 5. The summed E-state index contributed by atoms with van der Waals surface area (Å²) in [5.41, 5.74) is 6.02. The Labute approximate surface area is 87.1 Å². The van der Waals surface area contributed by atoms with Crippen molar-refractivity contribution in [1.29, 1.82) is 0 Å². The van der Waals surface area contributed by atoms with Gasteiger partial charge in [0.1, 0.15) is 0 Å². The average molecular weight is 200 g/mol. The maximum atomic E-state index is 8.73. The van der Waals surface area contributed by atoms with E-state index in [1.165, 1.54) is 25.7 Å². The molecule has 0 radical (unpaired) electrons. The molecule has 3 nitrogen and oxygen atoms in total. The lowest BCUT2D eigenvalue weighted by Crippen LogP contribution is -2.54. The highest BCUT2D eigenvalue weighted by Gasteiger charge is 2.32. The first kappa shape index (κ1) is 12.0. The molecule has 84 valence electrons. The Morgan fingerprint density at radius 3 is 2.93 bits per heavy atom. The first-order valence-corrected chi connectivity index (χ1v) is 5.78. The molecule has 0 bridgehead atoms. The molecule has 0 aromatic carbocycles. The molecule has 4 N–H and O–H groups in total. The Kier molecular flexibility index (Phi) is 4.85. The van der Waals surface area contributed by atoms with Gasteiger partial charge in [0.2, 0.25) is 0 Å². The van der Waals surface area contributed by atoms with Gasteiger partial charge in [-0.15, -0.1) is 0 Å². The monoisotopic (exact) mass is 200 g/mol. The average Bonchev–Trinajstić information content (AvgIpc) is 2.18. The van der Waals surface area contributed by atoms with Crippen molar-refractivity contribution in [3.8, 4) is 0 Å². The molecular formula is C11H24N2O. The Morgan fingerprint density at radius 2 is 2.36 bits per heavy atom. The highest BCUT2D eigenvalue weighted by molar-refractivity contribution is 4.93. The van der Waals surface area contributed by atoms with E-state index in [0.29, 0.717) is 0 Å². The molecular weight excluding hydrogens is 176 g/mol. The first-order chi connectivity index (χ1) is 6.72. The van der Waals surface area contributed by atoms with Gasteiger partial charge in [0.25, 0.3) is 0 Å². The van der Waals surface area contributed by atoms with Crippen molar-refractivity contribution < 1.29 is 5.11 Å². The highest BCUT2D eigenvalue weighted by atomic mass is 16.3. The summed E-state index contributed by atoms with van der Waals surface area (Å²) < 4.78 is 0. The molecule has 1 aliphatic rings. The SMILES string of the molecule is CC1CCCC(CN)(NCCCO)C1. The van der Waals surface area contributed by atoms with Gasteiger partial charge in [0.05, 0.1) is 0 Å². The molecule has 1 aliphatic carbocycles. The molecule has 14 heavy (non-hydrogen) atoms. The third-order valence-electron chi connectivity index (χ3n) is 3.32. The van der Waals surface area contributed by atoms with Gasteiger partial charge in [0, 0.05) is 18.7 Å². The van der Waals surface area contributed by atoms with E-state index in [9.17, 15) is 0 Å². The zero-order valence-corrected chi connectivity index (χ0v) is 9.26. The van der Waals surface area contributed by atoms with Gasteiger partial charge in [-0.2, -0.15) is 0 Å². The number of aliphatic hydroxyl groups excluding tert-OH is 1. The summed E-state index contributed by atoms with van der Waals surface area (Å²) in [6, 6.07) is 0. The van der Waals surface area contributed by atoms with Crippen molar-refractivity contribution in [2.45, 2.75) is 44.6 Å². The molecule has 0 aliphatic heterocycles. The number of nitrogens with two attached hydrogens (primary N) is 1. The van der Waals surface area contributed by atoms with E-state index in [0.717, 1.165) is 25.4 Å². The van der Waals surface area contributed by atoms with E-state index >= 15 is 0 Å². The van der Waals surface area contributed by atoms with E-state index in [4.69, 9.17) is 10.8 Å². The van der Waals surface area contributed by atoms with Crippen LogP contribution in [0.15, 0.2) is 0 Å². The summed E-state index contributed by atoms with van der Waals surface area (Å²) >= 11 is 0. The summed E-state index contributed by atoms with van der Waals surface area (Å²) in [7, 11) is 0. The van der Waals surface area contributed by atoms with E-state index in [1.807, 2.05) is 0 Å². The molecule has 3 heteroatoms. The van der Waals surface area contributed by atoms with Gasteiger partial charge < -0.3 is 16.2 Å². The smallest absolute Gasteiger partial charge is 0.0443 e. The van der Waals surface area contributed by atoms with Gasteiger partial charge in [-0.3, -0.25) is 0 Å². The van der Waals surface area contributed by atoms with Crippen LogP contribution in [0.25, 0.3) is 0 Å². The van der Waals surface area contributed by atoms with Crippen LogP contribution in [0.4, 0.5) is 0 Å². The van der Waals surface area contributed by atoms with Crippen LogP contribution in [-0.4, -0.2) is 30.3 Å². The first-order valence-electron chi connectivity index (χ1n) is 5.78. The van der Waals surface area contributed by atoms with E-state index in [1.54, 1.807) is 0 Å². The maximum absolute atomic E-state index is 8.73. The molecule has 0 amide bonds. The van der Waals surface area contributed by atoms with Crippen molar-refractivity contribution in [2.24, 2.45) is 11.7 Å². The third kappa shape index (κ3) is 3.23.